The van der Waals surface area contributed by atoms with E-state index in [-0.39, 0.29) is 35.8 Å². The number of hydrogen-bond acceptors (Lipinski definition) is 6. The van der Waals surface area contributed by atoms with E-state index >= 15 is 0 Å². The van der Waals surface area contributed by atoms with Crippen LogP contribution in [0.4, 0.5) is 24.5 Å². The van der Waals surface area contributed by atoms with Gasteiger partial charge in [-0.05, 0) is 36.4 Å². The maximum Gasteiger partial charge on any atom is 0.416 e. The number of aliphatic hydroxyl groups excluding tert-OH is 1. The molecule has 0 aliphatic carbocycles. The molecular formula is C18H17F3N2O6S. The van der Waals surface area contributed by atoms with Crippen LogP contribution in [-0.4, -0.2) is 50.9 Å². The van der Waals surface area contributed by atoms with Gasteiger partial charge in [-0.1, -0.05) is 0 Å². The maximum absolute atomic E-state index is 13.2. The number of β-amino-alcohol motifs (C(OH)–C–C–N with tert-alkyl or cyclic N) is 1. The Kier molecular flexibility index (Phi) is 5.56. The van der Waals surface area contributed by atoms with Crippen LogP contribution in [0.25, 0.3) is 0 Å². The first-order valence-electron chi connectivity index (χ1n) is 8.51. The smallest absolute Gasteiger partial charge is 0.416 e. The number of carboxylic acid groups (broad SMARTS) is 1. The van der Waals surface area contributed by atoms with Crippen LogP contribution >= 0.6 is 0 Å². The number of nitrogens with one attached hydrogen (secondary N) is 1. The topological polar surface area (TPSA) is 116 Å². The third kappa shape index (κ3) is 4.28. The Labute approximate surface area is 169 Å². The molecule has 0 unspecified atom stereocenters. The normalized spacial score (nSPS) is 14.9. The average Bonchev–Trinajstić information content (AvgIpc) is 2.64. The van der Waals surface area contributed by atoms with Crippen molar-refractivity contribution >= 4 is 27.4 Å². The van der Waals surface area contributed by atoms with Gasteiger partial charge in [0.2, 0.25) is 0 Å². The Morgan fingerprint density at radius 2 is 1.87 bits per heavy atom. The molecule has 0 bridgehead atoms. The minimum absolute atomic E-state index is 0.123. The van der Waals surface area contributed by atoms with Crippen LogP contribution in [0.3, 0.4) is 0 Å². The van der Waals surface area contributed by atoms with Crippen LogP contribution in [-0.2, 0) is 16.2 Å². The van der Waals surface area contributed by atoms with Gasteiger partial charge in [-0.2, -0.15) is 13.2 Å². The van der Waals surface area contributed by atoms with E-state index in [0.717, 1.165) is 30.3 Å². The molecule has 30 heavy (non-hydrogen) atoms. The molecule has 3 rings (SSSR count). The van der Waals surface area contributed by atoms with Crippen LogP contribution in [0.1, 0.15) is 15.9 Å². The van der Waals surface area contributed by atoms with Gasteiger partial charge in [0.1, 0.15) is 10.6 Å². The van der Waals surface area contributed by atoms with Gasteiger partial charge in [0.25, 0.3) is 10.0 Å². The SMILES string of the molecule is COc1ccc(C(=O)O)cc1S(=O)(=O)Nc1cc(C(F)(F)F)ccc1N1CC(O)C1. The summed E-state index contributed by atoms with van der Waals surface area (Å²) in [4.78, 5) is 12.2. The molecule has 0 aromatic heterocycles. The van der Waals surface area contributed by atoms with Gasteiger partial charge >= 0.3 is 12.1 Å². The molecule has 0 atom stereocenters. The number of alkyl halides is 3. The number of halogens is 3. The van der Waals surface area contributed by atoms with Gasteiger partial charge in [-0.3, -0.25) is 4.72 Å². The lowest BCUT2D eigenvalue weighted by Gasteiger charge is -2.39. The van der Waals surface area contributed by atoms with Gasteiger partial charge in [0, 0.05) is 13.1 Å². The molecule has 1 aliphatic rings. The molecule has 1 saturated heterocycles. The van der Waals surface area contributed by atoms with E-state index in [1.54, 1.807) is 0 Å². The Morgan fingerprint density at radius 3 is 2.40 bits per heavy atom. The van der Waals surface area contributed by atoms with Crippen LogP contribution in [0.15, 0.2) is 41.3 Å². The number of sulfonamides is 1. The van der Waals surface area contributed by atoms with Crippen molar-refractivity contribution in [3.05, 3.63) is 47.5 Å². The summed E-state index contributed by atoms with van der Waals surface area (Å²) in [5.74, 6) is -1.57. The molecule has 0 amide bonds. The summed E-state index contributed by atoms with van der Waals surface area (Å²) in [7, 11) is -3.35. The molecule has 0 radical (unpaired) electrons. The lowest BCUT2D eigenvalue weighted by Crippen LogP contribution is -2.51. The highest BCUT2D eigenvalue weighted by molar-refractivity contribution is 7.92. The molecule has 1 fully saturated rings. The van der Waals surface area contributed by atoms with Crippen molar-refractivity contribution in [1.29, 1.82) is 0 Å². The van der Waals surface area contributed by atoms with Crippen molar-refractivity contribution in [3.8, 4) is 5.75 Å². The highest BCUT2D eigenvalue weighted by atomic mass is 32.2. The van der Waals surface area contributed by atoms with E-state index in [2.05, 4.69) is 4.72 Å². The monoisotopic (exact) mass is 446 g/mol. The summed E-state index contributed by atoms with van der Waals surface area (Å²) < 4.78 is 72.4. The zero-order valence-corrected chi connectivity index (χ0v) is 16.3. The van der Waals surface area contributed by atoms with Crippen LogP contribution in [0, 0.1) is 0 Å². The summed E-state index contributed by atoms with van der Waals surface area (Å²) in [6.07, 6.45) is -5.39. The summed E-state index contributed by atoms with van der Waals surface area (Å²) in [6, 6.07) is 5.68. The molecule has 1 aliphatic heterocycles. The van der Waals surface area contributed by atoms with Crippen LogP contribution < -0.4 is 14.4 Å². The molecule has 1 heterocycles. The van der Waals surface area contributed by atoms with E-state index in [1.807, 2.05) is 0 Å². The number of rotatable bonds is 6. The van der Waals surface area contributed by atoms with Crippen molar-refractivity contribution in [1.82, 2.24) is 0 Å². The van der Waals surface area contributed by atoms with Gasteiger partial charge in [0.15, 0.2) is 0 Å². The first-order valence-corrected chi connectivity index (χ1v) is 9.99. The number of anilines is 2. The van der Waals surface area contributed by atoms with Crippen LogP contribution in [0.2, 0.25) is 0 Å². The van der Waals surface area contributed by atoms with Crippen molar-refractivity contribution in [2.24, 2.45) is 0 Å². The number of aliphatic hydroxyl groups is 1. The van der Waals surface area contributed by atoms with Crippen molar-refractivity contribution in [3.63, 3.8) is 0 Å². The molecular weight excluding hydrogens is 429 g/mol. The number of hydrogen-bond donors (Lipinski definition) is 3. The van der Waals surface area contributed by atoms with E-state index < -0.39 is 38.7 Å². The Balaban J connectivity index is 2.08. The number of carboxylic acids is 1. The van der Waals surface area contributed by atoms with Gasteiger partial charge in [-0.25, -0.2) is 13.2 Å². The second-order valence-electron chi connectivity index (χ2n) is 6.56. The predicted molar refractivity (Wildman–Crippen MR) is 100 cm³/mol. The molecule has 162 valence electrons. The Hall–Kier alpha value is -2.99. The van der Waals surface area contributed by atoms with E-state index in [4.69, 9.17) is 9.84 Å². The molecule has 8 nitrogen and oxygen atoms in total. The number of benzene rings is 2. The van der Waals surface area contributed by atoms with E-state index in [9.17, 15) is 31.5 Å². The first-order chi connectivity index (χ1) is 13.9. The fourth-order valence-electron chi connectivity index (χ4n) is 2.94. The second kappa shape index (κ2) is 7.69. The first kappa shape index (κ1) is 21.7. The fraction of sp³-hybridized carbons (Fsp3) is 0.278. The third-order valence-electron chi connectivity index (χ3n) is 4.47. The summed E-state index contributed by atoms with van der Waals surface area (Å²) in [6.45, 7) is 0.246. The van der Waals surface area contributed by atoms with Crippen molar-refractivity contribution in [2.75, 3.05) is 29.8 Å². The molecule has 2 aromatic carbocycles. The third-order valence-corrected chi connectivity index (χ3v) is 5.86. The van der Waals surface area contributed by atoms with E-state index in [1.165, 1.54) is 12.0 Å². The van der Waals surface area contributed by atoms with Crippen molar-refractivity contribution < 1.29 is 41.3 Å². The maximum atomic E-state index is 13.2. The largest absolute Gasteiger partial charge is 0.495 e. The standard InChI is InChI=1S/C18H17F3N2O6S/c1-29-15-5-2-10(17(25)26)6-16(15)30(27,28)22-13-7-11(18(19,20)21)3-4-14(13)23-8-12(24)9-23/h2-7,12,22,24H,8-9H2,1H3,(H,25,26). The summed E-state index contributed by atoms with van der Waals surface area (Å²) in [5, 5.41) is 18.6. The van der Waals surface area contributed by atoms with E-state index in [0.29, 0.717) is 6.07 Å². The van der Waals surface area contributed by atoms with Gasteiger partial charge < -0.3 is 19.8 Å². The second-order valence-corrected chi connectivity index (χ2v) is 8.22. The number of carbonyl (C=O) groups is 1. The van der Waals surface area contributed by atoms with Crippen LogP contribution in [0.5, 0.6) is 5.75 Å². The number of aromatic carboxylic acids is 1. The lowest BCUT2D eigenvalue weighted by atomic mass is 10.1. The number of methoxy groups -OCH3 is 1. The Bertz CT molecular complexity index is 1080. The molecule has 0 spiro atoms. The number of nitrogens with zero attached hydrogens (tertiary/aromatic N) is 1. The minimum atomic E-state index is -4.71. The molecule has 0 saturated carbocycles. The summed E-state index contributed by atoms with van der Waals surface area (Å²) in [5.41, 5.74) is -1.63. The minimum Gasteiger partial charge on any atom is -0.495 e. The zero-order valence-electron chi connectivity index (χ0n) is 15.5. The number of ether oxygens (including phenoxy) is 1. The molecule has 2 aromatic rings. The average molecular weight is 446 g/mol. The highest BCUT2D eigenvalue weighted by Crippen LogP contribution is 2.38. The zero-order chi connectivity index (χ0) is 22.3. The summed E-state index contributed by atoms with van der Waals surface area (Å²) >= 11 is 0. The van der Waals surface area contributed by atoms with Gasteiger partial charge in [0.05, 0.1) is 35.7 Å². The lowest BCUT2D eigenvalue weighted by molar-refractivity contribution is -0.137. The predicted octanol–water partition coefficient (Wildman–Crippen LogP) is 2.39. The Morgan fingerprint density at radius 1 is 1.20 bits per heavy atom. The molecule has 3 N–H and O–H groups in total. The van der Waals surface area contributed by atoms with Gasteiger partial charge in [-0.15, -0.1) is 0 Å². The quantitative estimate of drug-likeness (QED) is 0.624. The van der Waals surface area contributed by atoms with Crippen molar-refractivity contribution in [2.45, 2.75) is 17.2 Å². The highest BCUT2D eigenvalue weighted by Gasteiger charge is 2.34. The molecule has 12 heteroatoms. The fourth-order valence-corrected chi connectivity index (χ4v) is 4.20.